The standard InChI is InChI=1S/C21H22FN5O3S2/c1-13(28)24-8-6-14-4-5-15(11-16(14)22)17(29)12-32-21-26-25-20(18-3-2-10-31-18)27(21)9-7-19(23)30/h2-5,10-11H,6-9,12H2,1H3,(H2,23,30)(H,24,28). The highest BCUT2D eigenvalue weighted by Crippen LogP contribution is 2.28. The first-order valence-corrected chi connectivity index (χ1v) is 11.7. The van der Waals surface area contributed by atoms with Gasteiger partial charge in [-0.3, -0.25) is 14.4 Å². The Bertz CT molecular complexity index is 1110. The minimum absolute atomic E-state index is 0.0316. The average Bonchev–Trinajstić information content (AvgIpc) is 3.40. The first kappa shape index (κ1) is 23.6. The Labute approximate surface area is 192 Å². The predicted octanol–water partition coefficient (Wildman–Crippen LogP) is 2.67. The van der Waals surface area contributed by atoms with E-state index in [0.29, 0.717) is 36.1 Å². The number of thiophene rings is 1. The van der Waals surface area contributed by atoms with Gasteiger partial charge in [0.1, 0.15) is 5.82 Å². The molecule has 3 N–H and O–H groups in total. The van der Waals surface area contributed by atoms with Gasteiger partial charge in [0.25, 0.3) is 0 Å². The van der Waals surface area contributed by atoms with Crippen LogP contribution in [0, 0.1) is 5.82 Å². The number of primary amides is 1. The molecule has 2 amide bonds. The summed E-state index contributed by atoms with van der Waals surface area (Å²) in [5, 5.41) is 13.4. The lowest BCUT2D eigenvalue weighted by Crippen LogP contribution is -2.22. The molecule has 0 saturated carbocycles. The summed E-state index contributed by atoms with van der Waals surface area (Å²) in [5.74, 6) is -0.743. The summed E-state index contributed by atoms with van der Waals surface area (Å²) in [6, 6.07) is 8.12. The highest BCUT2D eigenvalue weighted by Gasteiger charge is 2.18. The third-order valence-electron chi connectivity index (χ3n) is 4.52. The second-order valence-corrected chi connectivity index (χ2v) is 8.79. The molecule has 0 bridgehead atoms. The Hall–Kier alpha value is -3.05. The van der Waals surface area contributed by atoms with Gasteiger partial charge in [0.15, 0.2) is 16.8 Å². The predicted molar refractivity (Wildman–Crippen MR) is 121 cm³/mol. The first-order valence-electron chi connectivity index (χ1n) is 9.79. The van der Waals surface area contributed by atoms with E-state index in [1.807, 2.05) is 17.5 Å². The molecule has 0 aliphatic rings. The summed E-state index contributed by atoms with van der Waals surface area (Å²) in [4.78, 5) is 35.7. The van der Waals surface area contributed by atoms with E-state index in [-0.39, 0.29) is 29.4 Å². The Balaban J connectivity index is 1.68. The summed E-state index contributed by atoms with van der Waals surface area (Å²) in [7, 11) is 0. The van der Waals surface area contributed by atoms with Crippen molar-refractivity contribution < 1.29 is 18.8 Å². The maximum absolute atomic E-state index is 14.4. The topological polar surface area (TPSA) is 120 Å². The highest BCUT2D eigenvalue weighted by atomic mass is 32.2. The van der Waals surface area contributed by atoms with Crippen molar-refractivity contribution in [3.8, 4) is 10.7 Å². The smallest absolute Gasteiger partial charge is 0.219 e. The molecule has 168 valence electrons. The zero-order valence-electron chi connectivity index (χ0n) is 17.3. The van der Waals surface area contributed by atoms with Gasteiger partial charge in [-0.1, -0.05) is 30.0 Å². The van der Waals surface area contributed by atoms with Crippen LogP contribution in [0.1, 0.15) is 29.3 Å². The minimum atomic E-state index is -0.490. The van der Waals surface area contributed by atoms with Crippen molar-refractivity contribution in [2.24, 2.45) is 5.73 Å². The number of hydrogen-bond donors (Lipinski definition) is 2. The number of aromatic nitrogens is 3. The zero-order chi connectivity index (χ0) is 23.1. The Kier molecular flexibility index (Phi) is 8.12. The first-order chi connectivity index (χ1) is 15.3. The molecule has 0 aliphatic heterocycles. The van der Waals surface area contributed by atoms with E-state index in [9.17, 15) is 18.8 Å². The van der Waals surface area contributed by atoms with E-state index < -0.39 is 11.7 Å². The van der Waals surface area contributed by atoms with Crippen molar-refractivity contribution in [3.05, 3.63) is 52.7 Å². The molecule has 2 heterocycles. The summed E-state index contributed by atoms with van der Waals surface area (Å²) in [5.41, 5.74) is 5.97. The van der Waals surface area contributed by atoms with E-state index in [1.165, 1.54) is 36.1 Å². The molecule has 11 heteroatoms. The van der Waals surface area contributed by atoms with Crippen molar-refractivity contribution in [2.75, 3.05) is 12.3 Å². The normalized spacial score (nSPS) is 10.8. The fourth-order valence-electron chi connectivity index (χ4n) is 2.92. The molecule has 0 fully saturated rings. The van der Waals surface area contributed by atoms with Crippen LogP contribution in [0.5, 0.6) is 0 Å². The number of nitrogens with two attached hydrogens (primary N) is 1. The average molecular weight is 476 g/mol. The quantitative estimate of drug-likeness (QED) is 0.325. The number of thioether (sulfide) groups is 1. The molecule has 3 aromatic rings. The maximum Gasteiger partial charge on any atom is 0.219 e. The molecular formula is C21H22FN5O3S2. The lowest BCUT2D eigenvalue weighted by Gasteiger charge is -2.09. The molecule has 0 aliphatic carbocycles. The second-order valence-electron chi connectivity index (χ2n) is 6.90. The Morgan fingerprint density at radius 1 is 1.25 bits per heavy atom. The van der Waals surface area contributed by atoms with Crippen LogP contribution >= 0.6 is 23.1 Å². The Morgan fingerprint density at radius 2 is 2.06 bits per heavy atom. The van der Waals surface area contributed by atoms with Gasteiger partial charge in [0, 0.05) is 32.0 Å². The van der Waals surface area contributed by atoms with Gasteiger partial charge in [-0.25, -0.2) is 4.39 Å². The maximum atomic E-state index is 14.4. The summed E-state index contributed by atoms with van der Waals surface area (Å²) in [6.45, 7) is 2.01. The highest BCUT2D eigenvalue weighted by molar-refractivity contribution is 7.99. The molecule has 0 unspecified atom stereocenters. The third-order valence-corrected chi connectivity index (χ3v) is 6.35. The van der Waals surface area contributed by atoms with Crippen molar-refractivity contribution >= 4 is 40.7 Å². The molecule has 0 spiro atoms. The van der Waals surface area contributed by atoms with Crippen LogP contribution in [-0.2, 0) is 22.6 Å². The molecule has 8 nitrogen and oxygen atoms in total. The van der Waals surface area contributed by atoms with Crippen LogP contribution in [0.3, 0.4) is 0 Å². The largest absolute Gasteiger partial charge is 0.370 e. The number of amides is 2. The van der Waals surface area contributed by atoms with E-state index in [0.717, 1.165) is 4.88 Å². The number of benzene rings is 1. The number of carbonyl (C=O) groups excluding carboxylic acids is 3. The lowest BCUT2D eigenvalue weighted by molar-refractivity contribution is -0.119. The molecule has 3 rings (SSSR count). The molecule has 2 aromatic heterocycles. The number of hydrogen-bond acceptors (Lipinski definition) is 7. The van der Waals surface area contributed by atoms with Gasteiger partial charge < -0.3 is 15.6 Å². The number of Topliss-reactive ketones (excluding diaryl/α,β-unsaturated/α-hetero) is 1. The monoisotopic (exact) mass is 475 g/mol. The third kappa shape index (κ3) is 6.24. The number of rotatable bonds is 11. The molecule has 32 heavy (non-hydrogen) atoms. The fourth-order valence-corrected chi connectivity index (χ4v) is 4.49. The van der Waals surface area contributed by atoms with E-state index in [2.05, 4.69) is 15.5 Å². The van der Waals surface area contributed by atoms with E-state index >= 15 is 0 Å². The van der Waals surface area contributed by atoms with Crippen LogP contribution < -0.4 is 11.1 Å². The van der Waals surface area contributed by atoms with Gasteiger partial charge >= 0.3 is 0 Å². The van der Waals surface area contributed by atoms with Gasteiger partial charge in [0.05, 0.1) is 10.6 Å². The second kappa shape index (κ2) is 11.0. The molecular weight excluding hydrogens is 453 g/mol. The van der Waals surface area contributed by atoms with Crippen LogP contribution in [0.2, 0.25) is 0 Å². The van der Waals surface area contributed by atoms with Gasteiger partial charge in [-0.05, 0) is 29.5 Å². The van der Waals surface area contributed by atoms with Crippen molar-refractivity contribution in [3.63, 3.8) is 0 Å². The zero-order valence-corrected chi connectivity index (χ0v) is 19.0. The number of halogens is 1. The van der Waals surface area contributed by atoms with Crippen LogP contribution in [0.15, 0.2) is 40.9 Å². The van der Waals surface area contributed by atoms with Crippen LogP contribution in [0.25, 0.3) is 10.7 Å². The number of nitrogens with one attached hydrogen (secondary N) is 1. The van der Waals surface area contributed by atoms with Crippen LogP contribution in [-0.4, -0.2) is 44.7 Å². The summed E-state index contributed by atoms with van der Waals surface area (Å²) >= 11 is 2.66. The lowest BCUT2D eigenvalue weighted by atomic mass is 10.1. The fraction of sp³-hybridized carbons (Fsp3) is 0.286. The van der Waals surface area contributed by atoms with Crippen LogP contribution in [0.4, 0.5) is 4.39 Å². The number of carbonyl (C=O) groups is 3. The van der Waals surface area contributed by atoms with Gasteiger partial charge in [-0.15, -0.1) is 21.5 Å². The number of ketones is 1. The summed E-state index contributed by atoms with van der Waals surface area (Å²) < 4.78 is 16.1. The minimum Gasteiger partial charge on any atom is -0.370 e. The van der Waals surface area contributed by atoms with Gasteiger partial charge in [-0.2, -0.15) is 0 Å². The Morgan fingerprint density at radius 3 is 2.72 bits per heavy atom. The van der Waals surface area contributed by atoms with E-state index in [4.69, 9.17) is 5.73 Å². The SMILES string of the molecule is CC(=O)NCCc1ccc(C(=O)CSc2nnc(-c3cccs3)n2CCC(N)=O)cc1F. The van der Waals surface area contributed by atoms with Crippen molar-refractivity contribution in [1.29, 1.82) is 0 Å². The summed E-state index contributed by atoms with van der Waals surface area (Å²) in [6.07, 6.45) is 0.451. The molecule has 1 aromatic carbocycles. The van der Waals surface area contributed by atoms with E-state index in [1.54, 1.807) is 16.7 Å². The molecule has 0 atom stereocenters. The molecule has 0 radical (unpaired) electrons. The number of nitrogens with zero attached hydrogens (tertiary/aromatic N) is 3. The molecule has 0 saturated heterocycles. The van der Waals surface area contributed by atoms with Gasteiger partial charge in [0.2, 0.25) is 11.8 Å². The van der Waals surface area contributed by atoms with Crippen molar-refractivity contribution in [1.82, 2.24) is 20.1 Å². The van der Waals surface area contributed by atoms with Crippen molar-refractivity contribution in [2.45, 2.75) is 31.5 Å².